The van der Waals surface area contributed by atoms with E-state index in [9.17, 15) is 14.7 Å². The van der Waals surface area contributed by atoms with Crippen molar-refractivity contribution in [2.24, 2.45) is 0 Å². The molecule has 0 aromatic heterocycles. The van der Waals surface area contributed by atoms with Crippen LogP contribution in [0, 0.1) is 6.92 Å². The molecule has 0 atom stereocenters. The smallest absolute Gasteiger partial charge is 0.255 e. The highest BCUT2D eigenvalue weighted by molar-refractivity contribution is 6.33. The monoisotopic (exact) mass is 430 g/mol. The van der Waals surface area contributed by atoms with Gasteiger partial charge in [-0.2, -0.15) is 0 Å². The van der Waals surface area contributed by atoms with E-state index < -0.39 is 0 Å². The van der Waals surface area contributed by atoms with Crippen LogP contribution >= 0.6 is 11.6 Å². The summed E-state index contributed by atoms with van der Waals surface area (Å²) in [5.41, 5.74) is 2.82. The van der Waals surface area contributed by atoms with Crippen LogP contribution in [-0.4, -0.2) is 16.9 Å². The Hall–Kier alpha value is -3.83. The van der Waals surface area contributed by atoms with Gasteiger partial charge < -0.3 is 15.7 Å². The van der Waals surface area contributed by atoms with Gasteiger partial charge >= 0.3 is 0 Å². The minimum atomic E-state index is -0.292. The number of halogens is 1. The molecule has 0 aliphatic rings. The number of hydrogen-bond acceptors (Lipinski definition) is 3. The second kappa shape index (κ2) is 8.50. The van der Waals surface area contributed by atoms with Crippen molar-refractivity contribution in [1.29, 1.82) is 0 Å². The van der Waals surface area contributed by atoms with Crippen molar-refractivity contribution >= 4 is 45.6 Å². The number of hydrogen-bond donors (Lipinski definition) is 3. The van der Waals surface area contributed by atoms with Crippen molar-refractivity contribution < 1.29 is 14.7 Å². The summed E-state index contributed by atoms with van der Waals surface area (Å²) in [6.07, 6.45) is 0. The largest absolute Gasteiger partial charge is 0.508 e. The average molecular weight is 431 g/mol. The number of aryl methyl sites for hydroxylation is 1. The summed E-state index contributed by atoms with van der Waals surface area (Å²) in [6, 6.07) is 22.3. The fraction of sp³-hybridized carbons (Fsp3) is 0.0400. The third-order valence-corrected chi connectivity index (χ3v) is 5.38. The molecule has 4 aromatic carbocycles. The maximum Gasteiger partial charge on any atom is 0.255 e. The van der Waals surface area contributed by atoms with Gasteiger partial charge in [-0.25, -0.2) is 0 Å². The first-order valence-electron chi connectivity index (χ1n) is 9.62. The van der Waals surface area contributed by atoms with E-state index in [4.69, 9.17) is 11.6 Å². The lowest BCUT2D eigenvalue weighted by Gasteiger charge is -2.10. The standard InChI is InChI=1S/C25H19ClN2O3/c1-15-20-12-8-18(14-17(20)9-13-23(15)29)25(31)27-19-10-6-16(7-11-19)24(30)28-22-5-3-2-4-21(22)26/h2-14,29H,1H3,(H,27,31)(H,28,30). The number of carbonyl (C=O) groups excluding carboxylic acids is 2. The molecular weight excluding hydrogens is 412 g/mol. The van der Waals surface area contributed by atoms with Crippen molar-refractivity contribution in [1.82, 2.24) is 0 Å². The number of carbonyl (C=O) groups is 2. The number of aromatic hydroxyl groups is 1. The second-order valence-corrected chi connectivity index (χ2v) is 7.52. The van der Waals surface area contributed by atoms with E-state index in [1.165, 1.54) is 0 Å². The third-order valence-electron chi connectivity index (χ3n) is 5.05. The first kappa shape index (κ1) is 20.4. The van der Waals surface area contributed by atoms with Crippen LogP contribution < -0.4 is 10.6 Å². The summed E-state index contributed by atoms with van der Waals surface area (Å²) >= 11 is 6.07. The maximum atomic E-state index is 12.7. The molecule has 0 radical (unpaired) electrons. The molecule has 0 saturated carbocycles. The molecule has 2 amide bonds. The lowest BCUT2D eigenvalue weighted by molar-refractivity contribution is 0.102. The van der Waals surface area contributed by atoms with Crippen LogP contribution in [0.4, 0.5) is 11.4 Å². The molecule has 0 fully saturated rings. The van der Waals surface area contributed by atoms with Crippen molar-refractivity contribution in [2.75, 3.05) is 10.6 Å². The van der Waals surface area contributed by atoms with E-state index in [2.05, 4.69) is 10.6 Å². The van der Waals surface area contributed by atoms with Gasteiger partial charge in [0.25, 0.3) is 11.8 Å². The van der Waals surface area contributed by atoms with E-state index in [1.54, 1.807) is 72.8 Å². The normalized spacial score (nSPS) is 10.6. The molecule has 6 heteroatoms. The lowest BCUT2D eigenvalue weighted by atomic mass is 10.0. The Morgan fingerprint density at radius 1 is 0.806 bits per heavy atom. The van der Waals surface area contributed by atoms with Crippen LogP contribution in [0.1, 0.15) is 26.3 Å². The van der Waals surface area contributed by atoms with Gasteiger partial charge in [0.05, 0.1) is 10.7 Å². The van der Waals surface area contributed by atoms with E-state index in [0.717, 1.165) is 16.3 Å². The van der Waals surface area contributed by atoms with E-state index in [0.29, 0.717) is 27.5 Å². The highest BCUT2D eigenvalue weighted by Crippen LogP contribution is 2.27. The molecule has 0 spiro atoms. The van der Waals surface area contributed by atoms with Gasteiger partial charge in [-0.15, -0.1) is 0 Å². The summed E-state index contributed by atoms with van der Waals surface area (Å²) in [7, 11) is 0. The zero-order valence-electron chi connectivity index (χ0n) is 16.6. The van der Waals surface area contributed by atoms with Crippen LogP contribution in [0.5, 0.6) is 5.75 Å². The predicted molar refractivity (Wildman–Crippen MR) is 124 cm³/mol. The van der Waals surface area contributed by atoms with Crippen molar-refractivity contribution in [3.63, 3.8) is 0 Å². The molecule has 154 valence electrons. The summed E-state index contributed by atoms with van der Waals surface area (Å²) in [6.45, 7) is 1.83. The summed E-state index contributed by atoms with van der Waals surface area (Å²) in [5.74, 6) is -0.330. The number of benzene rings is 4. The number of phenols is 1. The molecular formula is C25H19ClN2O3. The Balaban J connectivity index is 1.47. The van der Waals surface area contributed by atoms with Crippen LogP contribution in [0.2, 0.25) is 5.02 Å². The highest BCUT2D eigenvalue weighted by Gasteiger charge is 2.11. The molecule has 0 heterocycles. The summed E-state index contributed by atoms with van der Waals surface area (Å²) < 4.78 is 0. The number of rotatable bonds is 4. The zero-order valence-corrected chi connectivity index (χ0v) is 17.4. The van der Waals surface area contributed by atoms with Gasteiger partial charge in [0, 0.05) is 16.8 Å². The first-order valence-corrected chi connectivity index (χ1v) is 10.00. The Morgan fingerprint density at radius 3 is 2.23 bits per heavy atom. The van der Waals surface area contributed by atoms with Crippen LogP contribution in [0.3, 0.4) is 0 Å². The number of anilines is 2. The minimum Gasteiger partial charge on any atom is -0.508 e. The van der Waals surface area contributed by atoms with E-state index in [1.807, 2.05) is 13.0 Å². The zero-order chi connectivity index (χ0) is 22.0. The Bertz CT molecular complexity index is 1300. The Kier molecular flexibility index (Phi) is 5.60. The topological polar surface area (TPSA) is 78.4 Å². The molecule has 0 aliphatic carbocycles. The SMILES string of the molecule is Cc1c(O)ccc2cc(C(=O)Nc3ccc(C(=O)Nc4ccccc4Cl)cc3)ccc12. The molecule has 4 aromatic rings. The number of phenolic OH excluding ortho intramolecular Hbond substituents is 1. The van der Waals surface area contributed by atoms with Crippen molar-refractivity contribution in [2.45, 2.75) is 6.92 Å². The lowest BCUT2D eigenvalue weighted by Crippen LogP contribution is -2.14. The maximum absolute atomic E-state index is 12.7. The van der Waals surface area contributed by atoms with Crippen LogP contribution in [-0.2, 0) is 0 Å². The van der Waals surface area contributed by atoms with Crippen molar-refractivity contribution in [3.8, 4) is 5.75 Å². The van der Waals surface area contributed by atoms with Gasteiger partial charge in [-0.3, -0.25) is 9.59 Å². The average Bonchev–Trinajstić information content (AvgIpc) is 2.78. The molecule has 5 nitrogen and oxygen atoms in total. The highest BCUT2D eigenvalue weighted by atomic mass is 35.5. The fourth-order valence-corrected chi connectivity index (χ4v) is 3.46. The summed E-state index contributed by atoms with van der Waals surface area (Å²) in [5, 5.41) is 17.7. The van der Waals surface area contributed by atoms with Gasteiger partial charge in [0.15, 0.2) is 0 Å². The van der Waals surface area contributed by atoms with E-state index >= 15 is 0 Å². The first-order chi connectivity index (χ1) is 14.9. The summed E-state index contributed by atoms with van der Waals surface area (Å²) in [4.78, 5) is 25.1. The van der Waals surface area contributed by atoms with Crippen LogP contribution in [0.15, 0.2) is 78.9 Å². The molecule has 3 N–H and O–H groups in total. The minimum absolute atomic E-state index is 0.225. The molecule has 0 aliphatic heterocycles. The molecule has 4 rings (SSSR count). The Morgan fingerprint density at radius 2 is 1.48 bits per heavy atom. The Labute approximate surface area is 184 Å². The molecule has 0 saturated heterocycles. The van der Waals surface area contributed by atoms with Gasteiger partial charge in [-0.1, -0.05) is 35.9 Å². The number of fused-ring (bicyclic) bond motifs is 1. The second-order valence-electron chi connectivity index (χ2n) is 7.11. The number of nitrogens with one attached hydrogen (secondary N) is 2. The quantitative estimate of drug-likeness (QED) is 0.371. The number of para-hydroxylation sites is 1. The van der Waals surface area contributed by atoms with Crippen molar-refractivity contribution in [3.05, 3.63) is 101 Å². The molecule has 0 bridgehead atoms. The van der Waals surface area contributed by atoms with Gasteiger partial charge in [0.1, 0.15) is 5.75 Å². The number of amides is 2. The van der Waals surface area contributed by atoms with Crippen LogP contribution in [0.25, 0.3) is 10.8 Å². The molecule has 0 unspecified atom stereocenters. The fourth-order valence-electron chi connectivity index (χ4n) is 3.28. The van der Waals surface area contributed by atoms with Gasteiger partial charge in [-0.05, 0) is 77.9 Å². The predicted octanol–water partition coefficient (Wildman–Crippen LogP) is 6.01. The van der Waals surface area contributed by atoms with Gasteiger partial charge in [0.2, 0.25) is 0 Å². The molecule has 31 heavy (non-hydrogen) atoms. The van der Waals surface area contributed by atoms with E-state index in [-0.39, 0.29) is 17.6 Å². The third kappa shape index (κ3) is 4.37.